The molecule has 1 N–H and O–H groups in total. The van der Waals surface area contributed by atoms with Gasteiger partial charge >= 0.3 is 0 Å². The van der Waals surface area contributed by atoms with Crippen LogP contribution in [0.2, 0.25) is 0 Å². The van der Waals surface area contributed by atoms with Gasteiger partial charge < -0.3 is 5.11 Å². The highest BCUT2D eigenvalue weighted by Crippen LogP contribution is 2.10. The Morgan fingerprint density at radius 3 is 2.42 bits per heavy atom. The van der Waals surface area contributed by atoms with Crippen molar-refractivity contribution in [3.05, 3.63) is 29.8 Å². The van der Waals surface area contributed by atoms with Crippen LogP contribution in [-0.2, 0) is 11.2 Å². The molecule has 0 aliphatic carbocycles. The number of hydrogen-bond acceptors (Lipinski definition) is 2. The maximum Gasteiger partial charge on any atom is 0.147 e. The van der Waals surface area contributed by atoms with Crippen molar-refractivity contribution in [3.8, 4) is 5.75 Å². The summed E-state index contributed by atoms with van der Waals surface area (Å²) in [4.78, 5) is 11.0. The lowest BCUT2D eigenvalue weighted by Gasteiger charge is -1.97. The number of halogens is 1. The fraction of sp³-hybridized carbons (Fsp3) is 0.222. The van der Waals surface area contributed by atoms with Gasteiger partial charge in [0.2, 0.25) is 0 Å². The van der Waals surface area contributed by atoms with E-state index in [2.05, 4.69) is 15.9 Å². The number of aromatic hydroxyl groups is 1. The van der Waals surface area contributed by atoms with E-state index < -0.39 is 0 Å². The third-order valence-electron chi connectivity index (χ3n) is 1.49. The first kappa shape index (κ1) is 9.26. The van der Waals surface area contributed by atoms with E-state index >= 15 is 0 Å². The molecule has 0 atom stereocenters. The molecule has 64 valence electrons. The van der Waals surface area contributed by atoms with Crippen LogP contribution in [0.3, 0.4) is 0 Å². The van der Waals surface area contributed by atoms with Crippen LogP contribution in [0.15, 0.2) is 24.3 Å². The Labute approximate surface area is 79.3 Å². The SMILES string of the molecule is O=C(CBr)Cc1ccc(O)cc1. The van der Waals surface area contributed by atoms with Crippen molar-refractivity contribution in [2.75, 3.05) is 5.33 Å². The number of alkyl halides is 1. The molecule has 0 fully saturated rings. The van der Waals surface area contributed by atoms with E-state index in [4.69, 9.17) is 5.11 Å². The lowest BCUT2D eigenvalue weighted by atomic mass is 10.1. The van der Waals surface area contributed by atoms with Crippen molar-refractivity contribution in [2.24, 2.45) is 0 Å². The summed E-state index contributed by atoms with van der Waals surface area (Å²) in [5.41, 5.74) is 0.928. The van der Waals surface area contributed by atoms with E-state index in [1.807, 2.05) is 0 Å². The zero-order valence-electron chi connectivity index (χ0n) is 6.46. The number of phenolic OH excluding ortho intramolecular Hbond substituents is 1. The summed E-state index contributed by atoms with van der Waals surface area (Å²) in [6, 6.07) is 6.65. The molecule has 0 bridgehead atoms. The normalized spacial score (nSPS) is 9.75. The van der Waals surface area contributed by atoms with Crippen LogP contribution >= 0.6 is 15.9 Å². The second kappa shape index (κ2) is 4.26. The average molecular weight is 229 g/mol. The van der Waals surface area contributed by atoms with Crippen molar-refractivity contribution >= 4 is 21.7 Å². The van der Waals surface area contributed by atoms with Gasteiger partial charge in [-0.1, -0.05) is 28.1 Å². The second-order valence-electron chi connectivity index (χ2n) is 2.52. The lowest BCUT2D eigenvalue weighted by molar-refractivity contribution is -0.115. The second-order valence-corrected chi connectivity index (χ2v) is 3.08. The molecule has 0 spiro atoms. The molecule has 2 nitrogen and oxygen atoms in total. The Balaban J connectivity index is 2.64. The van der Waals surface area contributed by atoms with Gasteiger partial charge in [0.25, 0.3) is 0 Å². The fourth-order valence-electron chi connectivity index (χ4n) is 0.889. The van der Waals surface area contributed by atoms with Crippen molar-refractivity contribution in [1.29, 1.82) is 0 Å². The maximum absolute atomic E-state index is 11.0. The van der Waals surface area contributed by atoms with E-state index in [0.29, 0.717) is 11.8 Å². The summed E-state index contributed by atoms with van der Waals surface area (Å²) >= 11 is 3.09. The van der Waals surface area contributed by atoms with Crippen LogP contribution in [0.4, 0.5) is 0 Å². The molecule has 0 saturated carbocycles. The minimum Gasteiger partial charge on any atom is -0.508 e. The lowest BCUT2D eigenvalue weighted by Crippen LogP contribution is -2.02. The smallest absolute Gasteiger partial charge is 0.147 e. The zero-order chi connectivity index (χ0) is 8.97. The molecule has 1 aromatic carbocycles. The molecule has 0 saturated heterocycles. The predicted octanol–water partition coefficient (Wildman–Crippen LogP) is 1.90. The molecule has 0 amide bonds. The number of benzene rings is 1. The first-order valence-electron chi connectivity index (χ1n) is 3.58. The van der Waals surface area contributed by atoms with Crippen LogP contribution < -0.4 is 0 Å². The van der Waals surface area contributed by atoms with Crippen LogP contribution in [0.25, 0.3) is 0 Å². The topological polar surface area (TPSA) is 37.3 Å². The highest BCUT2D eigenvalue weighted by Gasteiger charge is 2.00. The van der Waals surface area contributed by atoms with Gasteiger partial charge in [-0.25, -0.2) is 0 Å². The fourth-order valence-corrected chi connectivity index (χ4v) is 1.09. The Morgan fingerprint density at radius 1 is 1.33 bits per heavy atom. The monoisotopic (exact) mass is 228 g/mol. The minimum atomic E-state index is 0.140. The van der Waals surface area contributed by atoms with Crippen molar-refractivity contribution in [1.82, 2.24) is 0 Å². The zero-order valence-corrected chi connectivity index (χ0v) is 8.04. The van der Waals surface area contributed by atoms with Crippen LogP contribution in [-0.4, -0.2) is 16.2 Å². The van der Waals surface area contributed by atoms with Crippen LogP contribution in [0.1, 0.15) is 5.56 Å². The third kappa shape index (κ3) is 2.66. The minimum absolute atomic E-state index is 0.140. The average Bonchev–Trinajstić information content (AvgIpc) is 2.09. The summed E-state index contributed by atoms with van der Waals surface area (Å²) in [7, 11) is 0. The summed E-state index contributed by atoms with van der Waals surface area (Å²) < 4.78 is 0. The maximum atomic E-state index is 11.0. The molecule has 0 unspecified atom stereocenters. The van der Waals surface area contributed by atoms with Crippen molar-refractivity contribution in [3.63, 3.8) is 0 Å². The number of carbonyl (C=O) groups is 1. The molecule has 0 aliphatic rings. The first-order valence-corrected chi connectivity index (χ1v) is 4.70. The molecule has 0 heterocycles. The number of hydrogen-bond donors (Lipinski definition) is 1. The molecular formula is C9H9BrO2. The van der Waals surface area contributed by atoms with E-state index in [9.17, 15) is 4.79 Å². The molecule has 1 rings (SSSR count). The summed E-state index contributed by atoms with van der Waals surface area (Å²) in [6.45, 7) is 0. The number of ketones is 1. The highest BCUT2D eigenvalue weighted by molar-refractivity contribution is 9.09. The molecule has 0 aliphatic heterocycles. The molecular weight excluding hydrogens is 220 g/mol. The molecule has 3 heteroatoms. The summed E-state index contributed by atoms with van der Waals surface area (Å²) in [5, 5.41) is 9.34. The highest BCUT2D eigenvalue weighted by atomic mass is 79.9. The Kier molecular flexibility index (Phi) is 3.29. The summed E-state index contributed by atoms with van der Waals surface area (Å²) in [5.74, 6) is 0.366. The molecule has 12 heavy (non-hydrogen) atoms. The quantitative estimate of drug-likeness (QED) is 0.803. The standard InChI is InChI=1S/C9H9BrO2/c10-6-9(12)5-7-1-3-8(11)4-2-7/h1-4,11H,5-6H2. The van der Waals surface area contributed by atoms with Crippen LogP contribution in [0, 0.1) is 0 Å². The molecule has 1 aromatic rings. The van der Waals surface area contributed by atoms with Crippen LogP contribution in [0.5, 0.6) is 5.75 Å². The Bertz CT molecular complexity index is 266. The largest absolute Gasteiger partial charge is 0.508 e. The molecule has 0 radical (unpaired) electrons. The number of Topliss-reactive ketones (excluding diaryl/α,β-unsaturated/α-hetero) is 1. The van der Waals surface area contributed by atoms with E-state index in [-0.39, 0.29) is 11.5 Å². The van der Waals surface area contributed by atoms with Gasteiger partial charge in [0, 0.05) is 6.42 Å². The van der Waals surface area contributed by atoms with Gasteiger partial charge in [0.1, 0.15) is 11.5 Å². The number of rotatable bonds is 3. The van der Waals surface area contributed by atoms with Crippen molar-refractivity contribution < 1.29 is 9.90 Å². The predicted molar refractivity (Wildman–Crippen MR) is 50.6 cm³/mol. The first-order chi connectivity index (χ1) is 5.72. The number of phenols is 1. The Morgan fingerprint density at radius 2 is 1.92 bits per heavy atom. The molecule has 0 aromatic heterocycles. The van der Waals surface area contributed by atoms with Gasteiger partial charge in [-0.15, -0.1) is 0 Å². The van der Waals surface area contributed by atoms with E-state index in [1.165, 1.54) is 0 Å². The van der Waals surface area contributed by atoms with Gasteiger partial charge in [-0.2, -0.15) is 0 Å². The van der Waals surface area contributed by atoms with E-state index in [1.54, 1.807) is 24.3 Å². The van der Waals surface area contributed by atoms with Crippen molar-refractivity contribution in [2.45, 2.75) is 6.42 Å². The van der Waals surface area contributed by atoms with Gasteiger partial charge in [-0.3, -0.25) is 4.79 Å². The Hall–Kier alpha value is -0.830. The number of carbonyl (C=O) groups excluding carboxylic acids is 1. The van der Waals surface area contributed by atoms with E-state index in [0.717, 1.165) is 5.56 Å². The van der Waals surface area contributed by atoms with Gasteiger partial charge in [0.15, 0.2) is 0 Å². The third-order valence-corrected chi connectivity index (χ3v) is 2.11. The summed E-state index contributed by atoms with van der Waals surface area (Å²) in [6.07, 6.45) is 0.422. The van der Waals surface area contributed by atoms with Gasteiger partial charge in [0.05, 0.1) is 5.33 Å². The van der Waals surface area contributed by atoms with Gasteiger partial charge in [-0.05, 0) is 17.7 Å².